The Hall–Kier alpha value is -3.09. The van der Waals surface area contributed by atoms with Gasteiger partial charge in [0.1, 0.15) is 11.7 Å². The molecular weight excluding hydrogens is 356 g/mol. The average Bonchev–Trinajstić information content (AvgIpc) is 3.08. The molecule has 7 heteroatoms. The van der Waals surface area contributed by atoms with Gasteiger partial charge in [0.15, 0.2) is 11.5 Å². The first-order chi connectivity index (χ1) is 13.3. The number of nitrogens with zero attached hydrogens (tertiary/aromatic N) is 3. The lowest BCUT2D eigenvalue weighted by Gasteiger charge is -2.31. The van der Waals surface area contributed by atoms with Crippen LogP contribution in [0.15, 0.2) is 42.5 Å². The number of methoxy groups -OCH3 is 2. The average molecular weight is 382 g/mol. The van der Waals surface area contributed by atoms with Crippen LogP contribution in [0.2, 0.25) is 0 Å². The number of aromatic nitrogens is 3. The molecule has 0 bridgehead atoms. The molecule has 0 radical (unpaired) electrons. The Morgan fingerprint density at radius 2 is 1.82 bits per heavy atom. The zero-order valence-corrected chi connectivity index (χ0v) is 16.9. The van der Waals surface area contributed by atoms with Gasteiger partial charge in [-0.2, -0.15) is 0 Å². The molecule has 0 aliphatic carbocycles. The van der Waals surface area contributed by atoms with Gasteiger partial charge in [-0.3, -0.25) is 4.79 Å². The van der Waals surface area contributed by atoms with Crippen molar-refractivity contribution in [3.05, 3.63) is 48.0 Å². The zero-order valence-electron chi connectivity index (χ0n) is 16.9. The molecular formula is C21H26N4O3. The standard InChI is InChI=1S/C21H26N4O3/c1-21(2,3)20(25-16-9-7-6-8-15(16)23-24-25)22-19(26)13-14-10-11-17(27-4)18(12-14)28-5/h6-12,20H,13H2,1-5H3,(H,22,26)/t20-/m1/s1. The van der Waals surface area contributed by atoms with Crippen molar-refractivity contribution >= 4 is 16.9 Å². The van der Waals surface area contributed by atoms with E-state index in [0.717, 1.165) is 16.6 Å². The van der Waals surface area contributed by atoms with Crippen LogP contribution in [0.25, 0.3) is 11.0 Å². The Balaban J connectivity index is 1.83. The third-order valence-corrected chi connectivity index (χ3v) is 4.55. The van der Waals surface area contributed by atoms with E-state index in [0.29, 0.717) is 11.5 Å². The maximum absolute atomic E-state index is 12.8. The third kappa shape index (κ3) is 4.08. The van der Waals surface area contributed by atoms with Crippen LogP contribution >= 0.6 is 0 Å². The van der Waals surface area contributed by atoms with Crippen molar-refractivity contribution in [2.45, 2.75) is 33.4 Å². The van der Waals surface area contributed by atoms with Crippen LogP contribution < -0.4 is 14.8 Å². The summed E-state index contributed by atoms with van der Waals surface area (Å²) in [4.78, 5) is 12.8. The highest BCUT2D eigenvalue weighted by Gasteiger charge is 2.30. The maximum atomic E-state index is 12.8. The largest absolute Gasteiger partial charge is 0.493 e. The highest BCUT2D eigenvalue weighted by atomic mass is 16.5. The fraction of sp³-hybridized carbons (Fsp3) is 0.381. The summed E-state index contributed by atoms with van der Waals surface area (Å²) in [6, 6.07) is 13.2. The predicted octanol–water partition coefficient (Wildman–Crippen LogP) is 3.35. The Morgan fingerprint density at radius 3 is 2.50 bits per heavy atom. The van der Waals surface area contributed by atoms with Gasteiger partial charge >= 0.3 is 0 Å². The van der Waals surface area contributed by atoms with Crippen molar-refractivity contribution in [3.8, 4) is 11.5 Å². The van der Waals surface area contributed by atoms with Crippen LogP contribution in [-0.4, -0.2) is 35.1 Å². The second kappa shape index (κ2) is 7.88. The molecule has 0 fully saturated rings. The summed E-state index contributed by atoms with van der Waals surface area (Å²) in [6.45, 7) is 6.18. The fourth-order valence-electron chi connectivity index (χ4n) is 3.10. The number of para-hydroxylation sites is 1. The van der Waals surface area contributed by atoms with Crippen LogP contribution in [-0.2, 0) is 11.2 Å². The summed E-state index contributed by atoms with van der Waals surface area (Å²) in [5.41, 5.74) is 2.26. The molecule has 2 aromatic carbocycles. The van der Waals surface area contributed by atoms with E-state index >= 15 is 0 Å². The highest BCUT2D eigenvalue weighted by molar-refractivity contribution is 5.79. The summed E-state index contributed by atoms with van der Waals surface area (Å²) < 4.78 is 12.4. The van der Waals surface area contributed by atoms with Crippen LogP contribution in [0.1, 0.15) is 32.5 Å². The lowest BCUT2D eigenvalue weighted by molar-refractivity contribution is -0.123. The molecule has 148 valence electrons. The second-order valence-electron chi connectivity index (χ2n) is 7.72. The number of hydrogen-bond donors (Lipinski definition) is 1. The molecule has 1 atom stereocenters. The monoisotopic (exact) mass is 382 g/mol. The van der Waals surface area contributed by atoms with Crippen molar-refractivity contribution < 1.29 is 14.3 Å². The van der Waals surface area contributed by atoms with Gasteiger partial charge < -0.3 is 14.8 Å². The molecule has 7 nitrogen and oxygen atoms in total. The van der Waals surface area contributed by atoms with Crippen LogP contribution in [0.5, 0.6) is 11.5 Å². The first kappa shape index (κ1) is 19.7. The number of amides is 1. The molecule has 0 saturated heterocycles. The Morgan fingerprint density at radius 1 is 1.11 bits per heavy atom. The van der Waals surface area contributed by atoms with Crippen LogP contribution in [0.3, 0.4) is 0 Å². The summed E-state index contributed by atoms with van der Waals surface area (Å²) in [6.07, 6.45) is -0.118. The minimum Gasteiger partial charge on any atom is -0.493 e. The second-order valence-corrected chi connectivity index (χ2v) is 7.72. The Kier molecular flexibility index (Phi) is 5.53. The number of nitrogens with one attached hydrogen (secondary N) is 1. The molecule has 1 aromatic heterocycles. The molecule has 28 heavy (non-hydrogen) atoms. The van der Waals surface area contributed by atoms with Gasteiger partial charge in [-0.15, -0.1) is 5.10 Å². The van der Waals surface area contributed by atoms with Crippen molar-refractivity contribution in [1.29, 1.82) is 0 Å². The van der Waals surface area contributed by atoms with Crippen LogP contribution in [0, 0.1) is 5.41 Å². The normalized spacial score (nSPS) is 12.6. The first-order valence-corrected chi connectivity index (χ1v) is 9.13. The van der Waals surface area contributed by atoms with E-state index in [2.05, 4.69) is 36.4 Å². The Labute approximate surface area is 164 Å². The summed E-state index contributed by atoms with van der Waals surface area (Å²) in [7, 11) is 3.16. The topological polar surface area (TPSA) is 78.3 Å². The zero-order chi connectivity index (χ0) is 20.3. The van der Waals surface area contributed by atoms with Gasteiger partial charge in [-0.25, -0.2) is 4.68 Å². The number of fused-ring (bicyclic) bond motifs is 1. The quantitative estimate of drug-likeness (QED) is 0.707. The maximum Gasteiger partial charge on any atom is 0.226 e. The number of benzene rings is 2. The molecule has 0 unspecified atom stereocenters. The van der Waals surface area contributed by atoms with Gasteiger partial charge in [0.25, 0.3) is 0 Å². The molecule has 1 N–H and O–H groups in total. The number of ether oxygens (including phenoxy) is 2. The molecule has 0 aliphatic rings. The van der Waals surface area contributed by atoms with E-state index in [1.165, 1.54) is 0 Å². The van der Waals surface area contributed by atoms with Gasteiger partial charge in [-0.1, -0.05) is 44.2 Å². The lowest BCUT2D eigenvalue weighted by atomic mass is 9.92. The smallest absolute Gasteiger partial charge is 0.226 e. The predicted molar refractivity (Wildman–Crippen MR) is 107 cm³/mol. The van der Waals surface area contributed by atoms with E-state index in [1.807, 2.05) is 36.4 Å². The fourth-order valence-corrected chi connectivity index (χ4v) is 3.10. The third-order valence-electron chi connectivity index (χ3n) is 4.55. The minimum absolute atomic E-state index is 0.105. The lowest BCUT2D eigenvalue weighted by Crippen LogP contribution is -2.41. The highest BCUT2D eigenvalue weighted by Crippen LogP contribution is 2.31. The van der Waals surface area contributed by atoms with Crippen molar-refractivity contribution in [2.24, 2.45) is 5.41 Å². The van der Waals surface area contributed by atoms with Crippen molar-refractivity contribution in [2.75, 3.05) is 14.2 Å². The van der Waals surface area contributed by atoms with E-state index in [9.17, 15) is 4.79 Å². The minimum atomic E-state index is -0.340. The number of carbonyl (C=O) groups is 1. The summed E-state index contributed by atoms with van der Waals surface area (Å²) >= 11 is 0. The molecule has 0 aliphatic heterocycles. The van der Waals surface area contributed by atoms with E-state index in [1.54, 1.807) is 25.0 Å². The van der Waals surface area contributed by atoms with Crippen LogP contribution in [0.4, 0.5) is 0 Å². The molecule has 0 saturated carbocycles. The first-order valence-electron chi connectivity index (χ1n) is 9.13. The number of hydrogen-bond acceptors (Lipinski definition) is 5. The van der Waals surface area contributed by atoms with E-state index in [4.69, 9.17) is 9.47 Å². The summed E-state index contributed by atoms with van der Waals surface area (Å²) in [5.74, 6) is 1.13. The van der Waals surface area contributed by atoms with Gasteiger partial charge in [0.05, 0.1) is 26.2 Å². The molecule has 1 heterocycles. The van der Waals surface area contributed by atoms with Gasteiger partial charge in [-0.05, 0) is 29.8 Å². The molecule has 1 amide bonds. The SMILES string of the molecule is COc1ccc(CC(=O)N[C@H](n2nnc3ccccc32)C(C)(C)C)cc1OC. The van der Waals surface area contributed by atoms with Crippen molar-refractivity contribution in [3.63, 3.8) is 0 Å². The van der Waals surface area contributed by atoms with Crippen molar-refractivity contribution in [1.82, 2.24) is 20.3 Å². The number of carbonyl (C=O) groups excluding carboxylic acids is 1. The Bertz CT molecular complexity index is 975. The number of rotatable bonds is 6. The molecule has 3 rings (SSSR count). The molecule has 0 spiro atoms. The van der Waals surface area contributed by atoms with Gasteiger partial charge in [0.2, 0.25) is 5.91 Å². The van der Waals surface area contributed by atoms with E-state index in [-0.39, 0.29) is 23.9 Å². The summed E-state index contributed by atoms with van der Waals surface area (Å²) in [5, 5.41) is 11.6. The van der Waals surface area contributed by atoms with Gasteiger partial charge in [0, 0.05) is 5.41 Å². The van der Waals surface area contributed by atoms with E-state index < -0.39 is 0 Å². The molecule has 3 aromatic rings.